The van der Waals surface area contributed by atoms with Gasteiger partial charge < -0.3 is 10.2 Å². The van der Waals surface area contributed by atoms with E-state index in [0.717, 1.165) is 30.2 Å². The van der Waals surface area contributed by atoms with E-state index in [4.69, 9.17) is 4.98 Å². The van der Waals surface area contributed by atoms with Crippen molar-refractivity contribution in [2.24, 2.45) is 17.8 Å². The molecule has 23 heavy (non-hydrogen) atoms. The first-order valence-corrected chi connectivity index (χ1v) is 9.83. The summed E-state index contributed by atoms with van der Waals surface area (Å²) in [6, 6.07) is 7.48. The number of hydrogen-bond donors (Lipinski definition) is 1. The Morgan fingerprint density at radius 3 is 2.78 bits per heavy atom. The van der Waals surface area contributed by atoms with Gasteiger partial charge in [-0.25, -0.2) is 4.98 Å². The molecule has 2 saturated heterocycles. The van der Waals surface area contributed by atoms with Gasteiger partial charge in [0, 0.05) is 25.0 Å². The lowest BCUT2D eigenvalue weighted by Gasteiger charge is -2.28. The fourth-order valence-corrected chi connectivity index (χ4v) is 5.91. The molecule has 1 aromatic carbocycles. The minimum atomic E-state index is 0.523. The number of likely N-dealkylation sites (tertiary alicyclic amines) is 1. The van der Waals surface area contributed by atoms with Gasteiger partial charge in [-0.1, -0.05) is 13.0 Å². The minimum absolute atomic E-state index is 0.523. The normalized spacial score (nSPS) is 37.2. The Kier molecular flexibility index (Phi) is 3.29. The van der Waals surface area contributed by atoms with Crippen molar-refractivity contribution in [1.82, 2.24) is 15.2 Å². The molecule has 1 aromatic heterocycles. The van der Waals surface area contributed by atoms with E-state index in [2.05, 4.69) is 42.4 Å². The molecule has 1 saturated carbocycles. The summed E-state index contributed by atoms with van der Waals surface area (Å²) >= 11 is 1.93. The standard InChI is InChI=1S/C19H25N3S/c1-11-3-5-15(20-8-11)12-4-6-17-16(7-12)21-19(23-17)18-13-9-22(2)10-14(13)18/h4,6-7,11,13-15,18,20H,3,5,8-10H2,1-2H3/t11-,13?,14?,15+,18?/m0/s1. The highest BCUT2D eigenvalue weighted by atomic mass is 32.1. The molecule has 4 heteroatoms. The van der Waals surface area contributed by atoms with Crippen LogP contribution in [0.5, 0.6) is 0 Å². The zero-order chi connectivity index (χ0) is 15.6. The van der Waals surface area contributed by atoms with Gasteiger partial charge in [-0.3, -0.25) is 0 Å². The molecule has 2 aromatic rings. The fraction of sp³-hybridized carbons (Fsp3) is 0.632. The second-order valence-corrected chi connectivity index (χ2v) is 9.06. The molecule has 122 valence electrons. The average Bonchev–Trinajstić information content (AvgIpc) is 2.90. The van der Waals surface area contributed by atoms with Gasteiger partial charge in [-0.05, 0) is 61.9 Å². The molecule has 3 heterocycles. The van der Waals surface area contributed by atoms with E-state index >= 15 is 0 Å². The topological polar surface area (TPSA) is 28.2 Å². The molecule has 0 spiro atoms. The minimum Gasteiger partial charge on any atom is -0.310 e. The summed E-state index contributed by atoms with van der Waals surface area (Å²) in [7, 11) is 2.24. The number of aromatic nitrogens is 1. The van der Waals surface area contributed by atoms with Gasteiger partial charge >= 0.3 is 0 Å². The van der Waals surface area contributed by atoms with Crippen LogP contribution in [0.3, 0.4) is 0 Å². The Bertz CT molecular complexity index is 719. The number of nitrogens with one attached hydrogen (secondary N) is 1. The van der Waals surface area contributed by atoms with E-state index < -0.39 is 0 Å². The van der Waals surface area contributed by atoms with Gasteiger partial charge in [-0.2, -0.15) is 0 Å². The van der Waals surface area contributed by atoms with Gasteiger partial charge in [0.2, 0.25) is 0 Å². The van der Waals surface area contributed by atoms with E-state index in [1.165, 1.54) is 46.7 Å². The highest BCUT2D eigenvalue weighted by Gasteiger charge is 2.56. The van der Waals surface area contributed by atoms with Crippen LogP contribution in [-0.4, -0.2) is 36.6 Å². The third-order valence-electron chi connectivity index (χ3n) is 6.15. The Morgan fingerprint density at radius 1 is 1.22 bits per heavy atom. The molecule has 1 N–H and O–H groups in total. The molecule has 0 radical (unpaired) electrons. The predicted octanol–water partition coefficient (Wildman–Crippen LogP) is 3.63. The molecular weight excluding hydrogens is 302 g/mol. The van der Waals surface area contributed by atoms with Crippen LogP contribution >= 0.6 is 11.3 Å². The van der Waals surface area contributed by atoms with Crippen LogP contribution in [0.15, 0.2) is 18.2 Å². The SMILES string of the molecule is C[C@H]1CC[C@H](c2ccc3sc(C4C5CN(C)CC54)nc3c2)NC1. The molecule has 2 unspecified atom stereocenters. The number of nitrogens with zero attached hydrogens (tertiary/aromatic N) is 2. The number of benzene rings is 1. The van der Waals surface area contributed by atoms with Crippen LogP contribution in [0.4, 0.5) is 0 Å². The van der Waals surface area contributed by atoms with Crippen LogP contribution in [0, 0.1) is 17.8 Å². The second kappa shape index (κ2) is 5.27. The van der Waals surface area contributed by atoms with Crippen molar-refractivity contribution in [3.8, 4) is 0 Å². The molecule has 1 aliphatic carbocycles. The summed E-state index contributed by atoms with van der Waals surface area (Å²) in [5.74, 6) is 3.32. The predicted molar refractivity (Wildman–Crippen MR) is 96.0 cm³/mol. The van der Waals surface area contributed by atoms with Crippen molar-refractivity contribution in [2.75, 3.05) is 26.7 Å². The molecule has 0 bridgehead atoms. The van der Waals surface area contributed by atoms with Crippen molar-refractivity contribution in [2.45, 2.75) is 31.7 Å². The maximum atomic E-state index is 5.02. The van der Waals surface area contributed by atoms with Crippen LogP contribution < -0.4 is 5.32 Å². The first kappa shape index (κ1) is 14.4. The Balaban J connectivity index is 1.39. The van der Waals surface area contributed by atoms with Crippen LogP contribution in [0.1, 0.15) is 42.3 Å². The summed E-state index contributed by atoms with van der Waals surface area (Å²) in [6.45, 7) is 6.01. The van der Waals surface area contributed by atoms with E-state index in [1.807, 2.05) is 11.3 Å². The first-order valence-electron chi connectivity index (χ1n) is 9.01. The monoisotopic (exact) mass is 327 g/mol. The number of piperidine rings is 2. The molecular formula is C19H25N3S. The van der Waals surface area contributed by atoms with E-state index in [9.17, 15) is 0 Å². The van der Waals surface area contributed by atoms with Crippen molar-refractivity contribution in [3.05, 3.63) is 28.8 Å². The molecule has 3 aliphatic rings. The quantitative estimate of drug-likeness (QED) is 0.913. The molecule has 4 atom stereocenters. The Morgan fingerprint density at radius 2 is 2.04 bits per heavy atom. The van der Waals surface area contributed by atoms with Gasteiger partial charge in [0.05, 0.1) is 15.2 Å². The van der Waals surface area contributed by atoms with Crippen LogP contribution in [0.25, 0.3) is 10.2 Å². The summed E-state index contributed by atoms with van der Waals surface area (Å²) in [6.07, 6.45) is 2.58. The largest absolute Gasteiger partial charge is 0.310 e. The molecule has 3 fully saturated rings. The van der Waals surface area contributed by atoms with Crippen LogP contribution in [-0.2, 0) is 0 Å². The third-order valence-corrected chi connectivity index (χ3v) is 7.29. The zero-order valence-corrected chi connectivity index (χ0v) is 14.8. The van der Waals surface area contributed by atoms with Crippen molar-refractivity contribution in [1.29, 1.82) is 0 Å². The zero-order valence-electron chi connectivity index (χ0n) is 14.0. The maximum Gasteiger partial charge on any atom is 0.0976 e. The summed E-state index contributed by atoms with van der Waals surface area (Å²) in [5.41, 5.74) is 2.65. The Labute approximate surface area is 142 Å². The number of rotatable bonds is 2. The summed E-state index contributed by atoms with van der Waals surface area (Å²) in [4.78, 5) is 7.49. The fourth-order valence-electron chi connectivity index (χ4n) is 4.71. The summed E-state index contributed by atoms with van der Waals surface area (Å²) in [5, 5.41) is 5.09. The third kappa shape index (κ3) is 2.43. The van der Waals surface area contributed by atoms with Crippen molar-refractivity contribution in [3.63, 3.8) is 0 Å². The Hall–Kier alpha value is -0.970. The highest BCUT2D eigenvalue weighted by molar-refractivity contribution is 7.18. The van der Waals surface area contributed by atoms with E-state index in [-0.39, 0.29) is 0 Å². The van der Waals surface area contributed by atoms with Crippen molar-refractivity contribution >= 4 is 21.6 Å². The number of thiazole rings is 1. The maximum absolute atomic E-state index is 5.02. The van der Waals surface area contributed by atoms with Gasteiger partial charge in [0.15, 0.2) is 0 Å². The first-order chi connectivity index (χ1) is 11.2. The van der Waals surface area contributed by atoms with Crippen LogP contribution in [0.2, 0.25) is 0 Å². The summed E-state index contributed by atoms with van der Waals surface area (Å²) < 4.78 is 1.37. The second-order valence-electron chi connectivity index (χ2n) is 8.00. The highest BCUT2D eigenvalue weighted by Crippen LogP contribution is 2.58. The van der Waals surface area contributed by atoms with E-state index in [0.29, 0.717) is 6.04 Å². The smallest absolute Gasteiger partial charge is 0.0976 e. The van der Waals surface area contributed by atoms with E-state index in [1.54, 1.807) is 0 Å². The van der Waals surface area contributed by atoms with Gasteiger partial charge in [0.25, 0.3) is 0 Å². The number of hydrogen-bond acceptors (Lipinski definition) is 4. The lowest BCUT2D eigenvalue weighted by Crippen LogP contribution is -2.31. The average molecular weight is 327 g/mol. The molecule has 5 rings (SSSR count). The molecule has 2 aliphatic heterocycles. The molecule has 0 amide bonds. The number of fused-ring (bicyclic) bond motifs is 2. The lowest BCUT2D eigenvalue weighted by atomic mass is 9.92. The molecule has 3 nitrogen and oxygen atoms in total. The van der Waals surface area contributed by atoms with Gasteiger partial charge in [0.1, 0.15) is 0 Å². The van der Waals surface area contributed by atoms with Crippen molar-refractivity contribution < 1.29 is 0 Å². The lowest BCUT2D eigenvalue weighted by molar-refractivity contribution is 0.333. The van der Waals surface area contributed by atoms with Gasteiger partial charge in [-0.15, -0.1) is 11.3 Å².